The van der Waals surface area contributed by atoms with Crippen LogP contribution in [0.5, 0.6) is 0 Å². The van der Waals surface area contributed by atoms with Crippen LogP contribution in [0, 0.1) is 40.4 Å². The molecule has 23 heavy (non-hydrogen) atoms. The summed E-state index contributed by atoms with van der Waals surface area (Å²) in [6.45, 7) is 6.80. The second kappa shape index (κ2) is 5.31. The average molecular weight is 319 g/mol. The molecule has 4 rings (SSSR count). The number of aliphatic hydroxyl groups excluding tert-OH is 1. The Morgan fingerprint density at radius 1 is 0.913 bits per heavy atom. The van der Waals surface area contributed by atoms with E-state index in [0.29, 0.717) is 17.1 Å². The van der Waals surface area contributed by atoms with Crippen molar-refractivity contribution in [3.63, 3.8) is 0 Å². The zero-order valence-corrected chi connectivity index (χ0v) is 15.2. The second-order valence-corrected chi connectivity index (χ2v) is 9.87. The summed E-state index contributed by atoms with van der Waals surface area (Å²) in [4.78, 5) is 12.2. The number of ketones is 1. The summed E-state index contributed by atoms with van der Waals surface area (Å²) in [6.07, 6.45) is 10.9. The van der Waals surface area contributed by atoms with Crippen molar-refractivity contribution >= 4 is 5.78 Å². The Hall–Kier alpha value is -0.370. The molecule has 0 saturated heterocycles. The number of rotatable bonds is 1. The van der Waals surface area contributed by atoms with Crippen molar-refractivity contribution in [2.45, 2.75) is 84.7 Å². The Morgan fingerprint density at radius 3 is 2.35 bits per heavy atom. The van der Waals surface area contributed by atoms with E-state index < -0.39 is 0 Å². The van der Waals surface area contributed by atoms with Crippen LogP contribution in [-0.2, 0) is 4.79 Å². The highest BCUT2D eigenvalue weighted by molar-refractivity contribution is 5.79. The fraction of sp³-hybridized carbons (Fsp3) is 0.952. The molecule has 4 aliphatic carbocycles. The van der Waals surface area contributed by atoms with Gasteiger partial charge in [0.2, 0.25) is 0 Å². The normalized spacial score (nSPS) is 55.7. The quantitative estimate of drug-likeness (QED) is 0.767. The molecular weight excluding hydrogens is 284 g/mol. The molecule has 0 amide bonds. The summed E-state index contributed by atoms with van der Waals surface area (Å²) in [6, 6.07) is 0. The minimum Gasteiger partial charge on any atom is -0.393 e. The molecule has 130 valence electrons. The van der Waals surface area contributed by atoms with Gasteiger partial charge in [-0.1, -0.05) is 13.8 Å². The molecule has 4 aliphatic rings. The van der Waals surface area contributed by atoms with Gasteiger partial charge in [-0.2, -0.15) is 0 Å². The lowest BCUT2D eigenvalue weighted by Crippen LogP contribution is -2.54. The first-order valence-electron chi connectivity index (χ1n) is 10.0. The number of aliphatic hydroxyl groups is 1. The highest BCUT2D eigenvalue weighted by atomic mass is 16.3. The van der Waals surface area contributed by atoms with Crippen LogP contribution in [0.4, 0.5) is 0 Å². The van der Waals surface area contributed by atoms with Crippen LogP contribution < -0.4 is 0 Å². The van der Waals surface area contributed by atoms with Crippen LogP contribution in [-0.4, -0.2) is 17.0 Å². The predicted molar refractivity (Wildman–Crippen MR) is 91.9 cm³/mol. The molecule has 0 aromatic rings. The lowest BCUT2D eigenvalue weighted by molar-refractivity contribution is -0.138. The van der Waals surface area contributed by atoms with Crippen LogP contribution in [0.25, 0.3) is 0 Å². The lowest BCUT2D eigenvalue weighted by Gasteiger charge is -2.60. The van der Waals surface area contributed by atoms with Gasteiger partial charge in [-0.25, -0.2) is 0 Å². The van der Waals surface area contributed by atoms with Crippen molar-refractivity contribution in [2.24, 2.45) is 40.4 Å². The van der Waals surface area contributed by atoms with Gasteiger partial charge < -0.3 is 5.11 Å². The number of Topliss-reactive ketones (excluding diaryl/α,β-unsaturated/α-hetero) is 1. The minimum absolute atomic E-state index is 0.0490. The van der Waals surface area contributed by atoms with Crippen LogP contribution in [0.2, 0.25) is 0 Å². The first-order valence-corrected chi connectivity index (χ1v) is 10.0. The Balaban J connectivity index is 1.61. The minimum atomic E-state index is -0.0490. The van der Waals surface area contributed by atoms with Gasteiger partial charge in [0, 0.05) is 5.92 Å². The molecule has 0 aromatic heterocycles. The Bertz CT molecular complexity index is 500. The largest absolute Gasteiger partial charge is 0.393 e. The molecule has 0 radical (unpaired) electrons. The van der Waals surface area contributed by atoms with E-state index in [4.69, 9.17) is 0 Å². The third-order valence-corrected chi connectivity index (χ3v) is 9.13. The van der Waals surface area contributed by atoms with Gasteiger partial charge >= 0.3 is 0 Å². The number of fused-ring (bicyclic) bond motifs is 5. The maximum atomic E-state index is 12.2. The molecule has 0 spiro atoms. The third-order valence-electron chi connectivity index (χ3n) is 9.13. The summed E-state index contributed by atoms with van der Waals surface area (Å²) in [5.41, 5.74) is 0.738. The van der Waals surface area contributed by atoms with E-state index >= 15 is 0 Å². The molecule has 2 nitrogen and oxygen atoms in total. The fourth-order valence-electron chi connectivity index (χ4n) is 7.90. The van der Waals surface area contributed by atoms with E-state index in [1.807, 2.05) is 6.92 Å². The van der Waals surface area contributed by atoms with E-state index in [0.717, 1.165) is 42.9 Å². The molecule has 0 aliphatic heterocycles. The first-order chi connectivity index (χ1) is 10.9. The van der Waals surface area contributed by atoms with Gasteiger partial charge in [-0.15, -0.1) is 0 Å². The van der Waals surface area contributed by atoms with Gasteiger partial charge in [-0.3, -0.25) is 4.79 Å². The summed E-state index contributed by atoms with van der Waals surface area (Å²) in [5.74, 6) is 3.97. The van der Waals surface area contributed by atoms with E-state index in [9.17, 15) is 9.90 Å². The van der Waals surface area contributed by atoms with Crippen molar-refractivity contribution < 1.29 is 9.90 Å². The standard InChI is InChI=1S/C21H34O2/c1-13(22)17-6-7-18-16-5-4-14-12-15(23)8-10-20(14,2)19(16)9-11-21(17,18)3/h14-19,23H,4-12H2,1-3H3/t14-,15-,16+,17-,18+,19+,20+,21-/m0/s1. The zero-order chi connectivity index (χ0) is 16.4. The van der Waals surface area contributed by atoms with Gasteiger partial charge in [0.1, 0.15) is 5.78 Å². The SMILES string of the molecule is CC(=O)[C@@H]1CC[C@@H]2[C@H]3CC[C@H]4C[C@@H](O)CC[C@@]4(C)[C@@H]3CC[C@]21C. The monoisotopic (exact) mass is 318 g/mol. The van der Waals surface area contributed by atoms with E-state index in [2.05, 4.69) is 13.8 Å². The van der Waals surface area contributed by atoms with Crippen molar-refractivity contribution in [3.8, 4) is 0 Å². The van der Waals surface area contributed by atoms with Crippen LogP contribution in [0.3, 0.4) is 0 Å². The summed E-state index contributed by atoms with van der Waals surface area (Å²) in [5, 5.41) is 10.1. The molecule has 8 atom stereocenters. The summed E-state index contributed by atoms with van der Waals surface area (Å²) in [7, 11) is 0. The Kier molecular flexibility index (Phi) is 3.72. The summed E-state index contributed by atoms with van der Waals surface area (Å²) >= 11 is 0. The molecule has 4 saturated carbocycles. The molecule has 0 bridgehead atoms. The van der Waals surface area contributed by atoms with Gasteiger partial charge in [0.15, 0.2) is 0 Å². The predicted octanol–water partition coefficient (Wildman–Crippen LogP) is 4.60. The van der Waals surface area contributed by atoms with Gasteiger partial charge in [0.25, 0.3) is 0 Å². The molecule has 0 unspecified atom stereocenters. The maximum absolute atomic E-state index is 12.2. The number of hydrogen-bond acceptors (Lipinski definition) is 2. The lowest BCUT2D eigenvalue weighted by atomic mass is 9.44. The van der Waals surface area contributed by atoms with Crippen molar-refractivity contribution in [1.82, 2.24) is 0 Å². The van der Waals surface area contributed by atoms with E-state index in [1.165, 1.54) is 38.5 Å². The third kappa shape index (κ3) is 2.19. The molecule has 0 aromatic carbocycles. The molecule has 1 N–H and O–H groups in total. The highest BCUT2D eigenvalue weighted by Gasteiger charge is 2.60. The topological polar surface area (TPSA) is 37.3 Å². The fourth-order valence-corrected chi connectivity index (χ4v) is 7.90. The molecule has 2 heteroatoms. The van der Waals surface area contributed by atoms with Crippen molar-refractivity contribution in [1.29, 1.82) is 0 Å². The van der Waals surface area contributed by atoms with Crippen molar-refractivity contribution in [3.05, 3.63) is 0 Å². The highest BCUT2D eigenvalue weighted by Crippen LogP contribution is 2.67. The maximum Gasteiger partial charge on any atom is 0.133 e. The van der Waals surface area contributed by atoms with Crippen LogP contribution in [0.15, 0.2) is 0 Å². The Labute approximate surface area is 141 Å². The zero-order valence-electron chi connectivity index (χ0n) is 15.2. The van der Waals surface area contributed by atoms with E-state index in [1.54, 1.807) is 0 Å². The van der Waals surface area contributed by atoms with Crippen LogP contribution >= 0.6 is 0 Å². The Morgan fingerprint density at radius 2 is 1.61 bits per heavy atom. The van der Waals surface area contributed by atoms with E-state index in [-0.39, 0.29) is 11.5 Å². The molecule has 4 fully saturated rings. The number of hydrogen-bond donors (Lipinski definition) is 1. The first kappa shape index (κ1) is 16.1. The van der Waals surface area contributed by atoms with Crippen LogP contribution in [0.1, 0.15) is 78.6 Å². The average Bonchev–Trinajstić information content (AvgIpc) is 2.85. The summed E-state index contributed by atoms with van der Waals surface area (Å²) < 4.78 is 0. The molecule has 0 heterocycles. The smallest absolute Gasteiger partial charge is 0.133 e. The second-order valence-electron chi connectivity index (χ2n) is 9.87. The van der Waals surface area contributed by atoms with Crippen molar-refractivity contribution in [2.75, 3.05) is 0 Å². The van der Waals surface area contributed by atoms with Gasteiger partial charge in [0.05, 0.1) is 6.10 Å². The molecular formula is C21H34O2. The number of carbonyl (C=O) groups is 1. The number of carbonyl (C=O) groups excluding carboxylic acids is 1. The van der Waals surface area contributed by atoms with Gasteiger partial charge in [-0.05, 0) is 99.2 Å².